The van der Waals surface area contributed by atoms with Crippen LogP contribution in [0.4, 0.5) is 0 Å². The van der Waals surface area contributed by atoms with Crippen molar-refractivity contribution >= 4 is 32.4 Å². The fourth-order valence-electron chi connectivity index (χ4n) is 2.76. The lowest BCUT2D eigenvalue weighted by Crippen LogP contribution is -1.85. The largest absolute Gasteiger partial charge is 0.275 e. The molecule has 2 nitrogen and oxygen atoms in total. The molecule has 3 aromatic carbocycles. The predicted molar refractivity (Wildman–Crippen MR) is 75.7 cm³/mol. The molecule has 0 bridgehead atoms. The van der Waals surface area contributed by atoms with E-state index in [0.717, 1.165) is 5.52 Å². The van der Waals surface area contributed by atoms with E-state index in [2.05, 4.69) is 59.8 Å². The van der Waals surface area contributed by atoms with Crippen LogP contribution in [0.2, 0.25) is 0 Å². The number of hydrogen-bond acceptors (Lipinski definition) is 1. The van der Waals surface area contributed by atoms with Crippen LogP contribution in [-0.4, -0.2) is 9.78 Å². The highest BCUT2D eigenvalue weighted by Crippen LogP contribution is 2.33. The van der Waals surface area contributed by atoms with Crippen LogP contribution < -0.4 is 0 Å². The maximum atomic E-state index is 4.61. The van der Waals surface area contributed by atoms with Gasteiger partial charge in [0.2, 0.25) is 0 Å². The summed E-state index contributed by atoms with van der Waals surface area (Å²) in [4.78, 5) is 0. The van der Waals surface area contributed by atoms with Crippen molar-refractivity contribution in [3.63, 3.8) is 0 Å². The van der Waals surface area contributed by atoms with Crippen LogP contribution >= 0.6 is 0 Å². The van der Waals surface area contributed by atoms with Gasteiger partial charge in [-0.25, -0.2) is 0 Å². The van der Waals surface area contributed by atoms with E-state index in [0.29, 0.717) is 0 Å². The quantitative estimate of drug-likeness (QED) is 0.421. The molecule has 0 saturated heterocycles. The van der Waals surface area contributed by atoms with Gasteiger partial charge in [0.25, 0.3) is 0 Å². The van der Waals surface area contributed by atoms with Gasteiger partial charge in [-0.15, -0.1) is 0 Å². The molecule has 0 saturated carbocycles. The molecule has 18 heavy (non-hydrogen) atoms. The minimum atomic E-state index is 1.09. The standard InChI is InChI=1S/C16H12N2/c1-18-10-15-13-8-3-2-6-11(13)12-7-4-5-9-14(12)16(15)17-18/h2-10H,1H3. The van der Waals surface area contributed by atoms with Gasteiger partial charge in [0.05, 0.1) is 0 Å². The Hall–Kier alpha value is -2.35. The van der Waals surface area contributed by atoms with E-state index >= 15 is 0 Å². The molecule has 0 aliphatic rings. The smallest absolute Gasteiger partial charge is 0.101 e. The number of fused-ring (bicyclic) bond motifs is 6. The van der Waals surface area contributed by atoms with Gasteiger partial charge in [0.15, 0.2) is 0 Å². The normalized spacial score (nSPS) is 11.6. The fraction of sp³-hybridized carbons (Fsp3) is 0.0625. The number of hydrogen-bond donors (Lipinski definition) is 0. The molecule has 0 atom stereocenters. The number of nitrogens with zero attached hydrogens (tertiary/aromatic N) is 2. The van der Waals surface area contributed by atoms with Gasteiger partial charge in [0.1, 0.15) is 5.52 Å². The minimum absolute atomic E-state index is 1.09. The Kier molecular flexibility index (Phi) is 1.78. The molecule has 1 heterocycles. The zero-order valence-electron chi connectivity index (χ0n) is 10.1. The van der Waals surface area contributed by atoms with E-state index in [4.69, 9.17) is 0 Å². The monoisotopic (exact) mass is 232 g/mol. The summed E-state index contributed by atoms with van der Waals surface area (Å²) in [6, 6.07) is 17.0. The maximum Gasteiger partial charge on any atom is 0.101 e. The summed E-state index contributed by atoms with van der Waals surface area (Å²) in [6.45, 7) is 0. The van der Waals surface area contributed by atoms with Gasteiger partial charge in [-0.1, -0.05) is 48.5 Å². The molecule has 0 amide bonds. The van der Waals surface area contributed by atoms with Crippen molar-refractivity contribution in [1.29, 1.82) is 0 Å². The lowest BCUT2D eigenvalue weighted by molar-refractivity contribution is 0.780. The van der Waals surface area contributed by atoms with E-state index in [-0.39, 0.29) is 0 Å². The van der Waals surface area contributed by atoms with Crippen molar-refractivity contribution < 1.29 is 0 Å². The number of rotatable bonds is 0. The average Bonchev–Trinajstić information content (AvgIpc) is 2.81. The average molecular weight is 232 g/mol. The van der Waals surface area contributed by atoms with Gasteiger partial charge in [-0.05, 0) is 16.2 Å². The Morgan fingerprint density at radius 1 is 0.722 bits per heavy atom. The van der Waals surface area contributed by atoms with Crippen LogP contribution in [0.3, 0.4) is 0 Å². The Bertz CT molecular complexity index is 815. The first-order chi connectivity index (χ1) is 8.84. The SMILES string of the molecule is Cn1cc2c3ccccc3c3ccccc3c2n1. The van der Waals surface area contributed by atoms with E-state index in [1.807, 2.05) is 11.7 Å². The number of aryl methyl sites for hydroxylation is 1. The van der Waals surface area contributed by atoms with Crippen molar-refractivity contribution in [2.45, 2.75) is 0 Å². The first-order valence-corrected chi connectivity index (χ1v) is 6.07. The van der Waals surface area contributed by atoms with Crippen molar-refractivity contribution in [2.75, 3.05) is 0 Å². The second-order valence-electron chi connectivity index (χ2n) is 4.66. The summed E-state index contributed by atoms with van der Waals surface area (Å²) in [5.74, 6) is 0. The molecule has 0 aliphatic heterocycles. The highest BCUT2D eigenvalue weighted by Gasteiger charge is 2.09. The lowest BCUT2D eigenvalue weighted by atomic mass is 9.99. The molecule has 86 valence electrons. The molecule has 0 aliphatic carbocycles. The first-order valence-electron chi connectivity index (χ1n) is 6.07. The van der Waals surface area contributed by atoms with Gasteiger partial charge >= 0.3 is 0 Å². The zero-order chi connectivity index (χ0) is 12.1. The molecule has 0 unspecified atom stereocenters. The molecule has 0 spiro atoms. The van der Waals surface area contributed by atoms with Gasteiger partial charge < -0.3 is 0 Å². The van der Waals surface area contributed by atoms with Crippen LogP contribution in [0.1, 0.15) is 0 Å². The van der Waals surface area contributed by atoms with Gasteiger partial charge in [-0.3, -0.25) is 4.68 Å². The second kappa shape index (κ2) is 3.33. The van der Waals surface area contributed by atoms with Crippen LogP contribution in [-0.2, 0) is 7.05 Å². The first kappa shape index (κ1) is 9.66. The second-order valence-corrected chi connectivity index (χ2v) is 4.66. The zero-order valence-corrected chi connectivity index (χ0v) is 10.1. The van der Waals surface area contributed by atoms with Gasteiger partial charge in [-0.2, -0.15) is 5.10 Å². The molecular formula is C16H12N2. The fourth-order valence-corrected chi connectivity index (χ4v) is 2.76. The summed E-state index contributed by atoms with van der Waals surface area (Å²) >= 11 is 0. The molecular weight excluding hydrogens is 220 g/mol. The van der Waals surface area contributed by atoms with Crippen molar-refractivity contribution in [2.24, 2.45) is 7.05 Å². The molecule has 0 N–H and O–H groups in total. The maximum absolute atomic E-state index is 4.61. The minimum Gasteiger partial charge on any atom is -0.275 e. The van der Waals surface area contributed by atoms with Crippen LogP contribution in [0.15, 0.2) is 54.7 Å². The summed E-state index contributed by atoms with van der Waals surface area (Å²) in [7, 11) is 1.98. The summed E-state index contributed by atoms with van der Waals surface area (Å²) in [6.07, 6.45) is 2.10. The van der Waals surface area contributed by atoms with Crippen molar-refractivity contribution in [3.05, 3.63) is 54.7 Å². The Labute approximate surface area is 104 Å². The number of benzene rings is 3. The third-order valence-electron chi connectivity index (χ3n) is 3.52. The van der Waals surface area contributed by atoms with Gasteiger partial charge in [0, 0.05) is 24.0 Å². The summed E-state index contributed by atoms with van der Waals surface area (Å²) in [5.41, 5.74) is 1.09. The van der Waals surface area contributed by atoms with E-state index in [9.17, 15) is 0 Å². The molecule has 2 heteroatoms. The predicted octanol–water partition coefficient (Wildman–Crippen LogP) is 3.88. The van der Waals surface area contributed by atoms with Crippen molar-refractivity contribution in [3.8, 4) is 0 Å². The van der Waals surface area contributed by atoms with E-state index in [1.165, 1.54) is 26.9 Å². The Morgan fingerprint density at radius 3 is 1.89 bits per heavy atom. The molecule has 4 rings (SSSR count). The summed E-state index contributed by atoms with van der Waals surface area (Å²) in [5, 5.41) is 10.9. The van der Waals surface area contributed by atoms with Crippen molar-refractivity contribution in [1.82, 2.24) is 9.78 Å². The molecule has 4 aromatic rings. The molecule has 0 radical (unpaired) electrons. The lowest BCUT2D eigenvalue weighted by Gasteiger charge is -2.05. The Morgan fingerprint density at radius 2 is 1.22 bits per heavy atom. The third-order valence-corrected chi connectivity index (χ3v) is 3.52. The van der Waals surface area contributed by atoms with Crippen LogP contribution in [0.25, 0.3) is 32.4 Å². The Balaban J connectivity index is 2.45. The van der Waals surface area contributed by atoms with Crippen LogP contribution in [0.5, 0.6) is 0 Å². The highest BCUT2D eigenvalue weighted by molar-refractivity contribution is 6.24. The van der Waals surface area contributed by atoms with Crippen LogP contribution in [0, 0.1) is 0 Å². The van der Waals surface area contributed by atoms with E-state index < -0.39 is 0 Å². The van der Waals surface area contributed by atoms with E-state index in [1.54, 1.807) is 0 Å². The number of aromatic nitrogens is 2. The highest BCUT2D eigenvalue weighted by atomic mass is 15.2. The third kappa shape index (κ3) is 1.15. The molecule has 0 fully saturated rings. The summed E-state index contributed by atoms with van der Waals surface area (Å²) < 4.78 is 1.89. The molecule has 1 aromatic heterocycles. The topological polar surface area (TPSA) is 17.8 Å².